The number of halogens is 1. The number of rotatable bonds is 13. The van der Waals surface area contributed by atoms with Gasteiger partial charge in [0.2, 0.25) is 5.91 Å². The Bertz CT molecular complexity index is 1950. The van der Waals surface area contributed by atoms with Crippen molar-refractivity contribution in [3.8, 4) is 45.7 Å². The van der Waals surface area contributed by atoms with Crippen LogP contribution in [0.4, 0.5) is 16.3 Å². The second-order valence-corrected chi connectivity index (χ2v) is 12.3. The quantitative estimate of drug-likeness (QED) is 0.122. The lowest BCUT2D eigenvalue weighted by Crippen LogP contribution is -2.34. The van der Waals surface area contributed by atoms with Crippen molar-refractivity contribution in [1.82, 2.24) is 10.3 Å². The van der Waals surface area contributed by atoms with E-state index in [1.807, 2.05) is 0 Å². The molecule has 0 spiro atoms. The minimum absolute atomic E-state index is 0.0157. The number of nitriles is 1. The Kier molecular flexibility index (Phi) is 12.8. The van der Waals surface area contributed by atoms with Crippen molar-refractivity contribution in [3.05, 3.63) is 82.9 Å². The summed E-state index contributed by atoms with van der Waals surface area (Å²) in [6, 6.07) is 20.4. The number of anilines is 2. The Balaban J connectivity index is 1.74. The summed E-state index contributed by atoms with van der Waals surface area (Å²) in [5.41, 5.74) is 1.77. The first kappa shape index (κ1) is 38.0. The van der Waals surface area contributed by atoms with Gasteiger partial charge in [0.25, 0.3) is 5.91 Å². The smallest absolute Gasteiger partial charge is 0.407 e. The fraction of sp³-hybridized carbons (Fsp3) is 0.270. The molecule has 0 atom stereocenters. The summed E-state index contributed by atoms with van der Waals surface area (Å²) < 4.78 is 26.8. The number of carbonyl (C=O) groups is 3. The molecule has 1 aromatic heterocycles. The summed E-state index contributed by atoms with van der Waals surface area (Å²) in [7, 11) is 4.40. The van der Waals surface area contributed by atoms with Gasteiger partial charge in [-0.05, 0) is 74.9 Å². The molecule has 3 aromatic carbocycles. The van der Waals surface area contributed by atoms with E-state index in [0.29, 0.717) is 44.6 Å². The predicted molar refractivity (Wildman–Crippen MR) is 192 cm³/mol. The Morgan fingerprint density at radius 3 is 2.37 bits per heavy atom. The fourth-order valence-electron chi connectivity index (χ4n) is 4.81. The van der Waals surface area contributed by atoms with Crippen LogP contribution in [0.2, 0.25) is 5.02 Å². The van der Waals surface area contributed by atoms with Crippen LogP contribution >= 0.6 is 11.6 Å². The van der Waals surface area contributed by atoms with E-state index >= 15 is 0 Å². The molecule has 13 nitrogen and oxygen atoms in total. The van der Waals surface area contributed by atoms with E-state index in [1.54, 1.807) is 81.4 Å². The molecule has 4 aromatic rings. The molecule has 0 radical (unpaired) electrons. The van der Waals surface area contributed by atoms with Crippen molar-refractivity contribution in [3.63, 3.8) is 0 Å². The Labute approximate surface area is 300 Å². The summed E-state index contributed by atoms with van der Waals surface area (Å²) in [5, 5.41) is 19.0. The van der Waals surface area contributed by atoms with Crippen LogP contribution in [0.3, 0.4) is 0 Å². The molecule has 0 bridgehead atoms. The van der Waals surface area contributed by atoms with Gasteiger partial charge in [0.1, 0.15) is 34.5 Å². The van der Waals surface area contributed by atoms with Gasteiger partial charge in [-0.2, -0.15) is 5.26 Å². The van der Waals surface area contributed by atoms with Crippen LogP contribution in [-0.4, -0.2) is 63.2 Å². The molecule has 4 rings (SSSR count). The molecule has 0 saturated carbocycles. The highest BCUT2D eigenvalue weighted by atomic mass is 35.5. The number of methoxy groups -OCH3 is 3. The number of hydrogen-bond donors (Lipinski definition) is 3. The van der Waals surface area contributed by atoms with E-state index < -0.39 is 17.6 Å². The number of amides is 3. The van der Waals surface area contributed by atoms with Crippen molar-refractivity contribution in [1.29, 1.82) is 5.26 Å². The maximum atomic E-state index is 13.7. The van der Waals surface area contributed by atoms with Crippen LogP contribution in [0, 0.1) is 11.3 Å². The molecule has 1 heterocycles. The number of nitrogens with zero attached hydrogens (tertiary/aromatic N) is 2. The van der Waals surface area contributed by atoms with E-state index in [9.17, 15) is 19.6 Å². The van der Waals surface area contributed by atoms with Crippen LogP contribution in [0.5, 0.6) is 17.2 Å². The average Bonchev–Trinajstić information content (AvgIpc) is 3.09. The zero-order chi connectivity index (χ0) is 37.1. The van der Waals surface area contributed by atoms with Gasteiger partial charge in [-0.1, -0.05) is 23.7 Å². The SMILES string of the molecule is COCOc1cc(Cl)ccc1-c1cc(-c2cccc(NC(=O)CCNC(=O)OC(C)(C)C)c2)c(C#N)c(NC(=O)c2ccc(OC)cc2OC)n1. The lowest BCUT2D eigenvalue weighted by molar-refractivity contribution is -0.116. The third kappa shape index (κ3) is 10.3. The highest BCUT2D eigenvalue weighted by molar-refractivity contribution is 6.30. The minimum Gasteiger partial charge on any atom is -0.497 e. The van der Waals surface area contributed by atoms with Gasteiger partial charge in [0, 0.05) is 48.0 Å². The first-order valence-electron chi connectivity index (χ1n) is 15.6. The molecule has 14 heteroatoms. The van der Waals surface area contributed by atoms with Crippen molar-refractivity contribution < 1.29 is 38.1 Å². The van der Waals surface area contributed by atoms with Crippen LogP contribution in [0.15, 0.2) is 66.7 Å². The topological polar surface area (TPSA) is 170 Å². The zero-order valence-electron chi connectivity index (χ0n) is 29.0. The maximum absolute atomic E-state index is 13.7. The van der Waals surface area contributed by atoms with E-state index in [0.717, 1.165) is 0 Å². The lowest BCUT2D eigenvalue weighted by atomic mass is 9.97. The highest BCUT2D eigenvalue weighted by Crippen LogP contribution is 2.38. The van der Waals surface area contributed by atoms with Gasteiger partial charge in [-0.15, -0.1) is 0 Å². The first-order chi connectivity index (χ1) is 24.3. The molecule has 0 aliphatic heterocycles. The lowest BCUT2D eigenvalue weighted by Gasteiger charge is -2.19. The van der Waals surface area contributed by atoms with Crippen molar-refractivity contribution in [2.45, 2.75) is 32.8 Å². The molecule has 0 aliphatic carbocycles. The average molecular weight is 716 g/mol. The second kappa shape index (κ2) is 17.2. The number of hydrogen-bond acceptors (Lipinski definition) is 10. The molecular weight excluding hydrogens is 678 g/mol. The van der Waals surface area contributed by atoms with Gasteiger partial charge in [-0.25, -0.2) is 9.78 Å². The summed E-state index contributed by atoms with van der Waals surface area (Å²) in [6.45, 7) is 5.21. The van der Waals surface area contributed by atoms with Gasteiger partial charge < -0.3 is 39.6 Å². The molecule has 0 saturated heterocycles. The van der Waals surface area contributed by atoms with Gasteiger partial charge in [-0.3, -0.25) is 9.59 Å². The van der Waals surface area contributed by atoms with Gasteiger partial charge >= 0.3 is 6.09 Å². The van der Waals surface area contributed by atoms with Crippen LogP contribution in [0.25, 0.3) is 22.4 Å². The Morgan fingerprint density at radius 1 is 0.902 bits per heavy atom. The molecule has 0 fully saturated rings. The van der Waals surface area contributed by atoms with E-state index in [4.69, 9.17) is 40.3 Å². The van der Waals surface area contributed by atoms with Crippen LogP contribution in [0.1, 0.15) is 43.1 Å². The molecule has 51 heavy (non-hydrogen) atoms. The third-order valence-electron chi connectivity index (χ3n) is 7.05. The fourth-order valence-corrected chi connectivity index (χ4v) is 4.97. The third-order valence-corrected chi connectivity index (χ3v) is 7.28. The second-order valence-electron chi connectivity index (χ2n) is 11.9. The number of alkyl carbamates (subject to hydrolysis) is 1. The molecule has 0 aliphatic rings. The summed E-state index contributed by atoms with van der Waals surface area (Å²) in [4.78, 5) is 43.1. The number of benzene rings is 3. The molecule has 0 unspecified atom stereocenters. The summed E-state index contributed by atoms with van der Waals surface area (Å²) >= 11 is 6.28. The summed E-state index contributed by atoms with van der Waals surface area (Å²) in [6.07, 6.45) is -0.641. The number of aromatic nitrogens is 1. The summed E-state index contributed by atoms with van der Waals surface area (Å²) in [5.74, 6) is 0.0996. The van der Waals surface area contributed by atoms with Crippen LogP contribution in [-0.2, 0) is 14.3 Å². The van der Waals surface area contributed by atoms with Crippen molar-refractivity contribution in [2.24, 2.45) is 0 Å². The van der Waals surface area contributed by atoms with Gasteiger partial charge in [0.15, 0.2) is 12.6 Å². The molecular formula is C37H38ClN5O8. The highest BCUT2D eigenvalue weighted by Gasteiger charge is 2.22. The standard InChI is InChI=1S/C37H38ClN5O8/c1-37(2,3)51-36(46)40-15-14-33(44)41-24-9-7-8-22(16-24)28-19-30(26-12-10-23(38)17-32(26)50-21-47-4)42-34(29(28)20-39)43-35(45)27-13-11-25(48-5)18-31(27)49-6/h7-13,16-19H,14-15,21H2,1-6H3,(H,40,46)(H,41,44)(H,42,43,45). The monoisotopic (exact) mass is 715 g/mol. The van der Waals surface area contributed by atoms with E-state index in [1.165, 1.54) is 27.4 Å². The largest absolute Gasteiger partial charge is 0.497 e. The van der Waals surface area contributed by atoms with Crippen molar-refractivity contribution >= 4 is 41.0 Å². The number of nitrogens with one attached hydrogen (secondary N) is 3. The number of carbonyl (C=O) groups excluding carboxylic acids is 3. The van der Waals surface area contributed by atoms with E-state index in [-0.39, 0.29) is 48.4 Å². The minimum atomic E-state index is -0.667. The van der Waals surface area contributed by atoms with Gasteiger partial charge in [0.05, 0.1) is 25.5 Å². The van der Waals surface area contributed by atoms with Crippen LogP contribution < -0.4 is 30.2 Å². The predicted octanol–water partition coefficient (Wildman–Crippen LogP) is 7.05. The molecule has 3 N–H and O–H groups in total. The zero-order valence-corrected chi connectivity index (χ0v) is 29.8. The Hall–Kier alpha value is -5.84. The molecule has 3 amide bonds. The normalized spacial score (nSPS) is 10.8. The number of ether oxygens (including phenoxy) is 5. The first-order valence-corrected chi connectivity index (χ1v) is 16.0. The van der Waals surface area contributed by atoms with Crippen molar-refractivity contribution in [2.75, 3.05) is 45.3 Å². The Morgan fingerprint density at radius 2 is 1.69 bits per heavy atom. The molecule has 266 valence electrons. The maximum Gasteiger partial charge on any atom is 0.407 e. The number of pyridine rings is 1. The van der Waals surface area contributed by atoms with E-state index in [2.05, 4.69) is 22.0 Å².